The third-order valence-corrected chi connectivity index (χ3v) is 4.18. The highest BCUT2D eigenvalue weighted by Gasteiger charge is 2.14. The standard InChI is InChI=1S/C15H13BrO2S/c1-18-13-8-7-10(9-12(13)16)15(17)11-5-3-4-6-14(11)19-2/h3-9H,1-2H3. The first kappa shape index (κ1) is 14.2. The van der Waals surface area contributed by atoms with E-state index in [9.17, 15) is 4.79 Å². The Morgan fingerprint density at radius 2 is 1.95 bits per heavy atom. The molecule has 0 atom stereocenters. The molecule has 0 amide bonds. The van der Waals surface area contributed by atoms with E-state index >= 15 is 0 Å². The lowest BCUT2D eigenvalue weighted by atomic mass is 10.0. The summed E-state index contributed by atoms with van der Waals surface area (Å²) in [7, 11) is 1.60. The Kier molecular flexibility index (Phi) is 4.66. The van der Waals surface area contributed by atoms with Crippen molar-refractivity contribution in [3.8, 4) is 5.75 Å². The van der Waals surface area contributed by atoms with Crippen molar-refractivity contribution in [3.05, 3.63) is 58.1 Å². The van der Waals surface area contributed by atoms with Crippen LogP contribution in [0.1, 0.15) is 15.9 Å². The molecule has 0 aliphatic carbocycles. The molecule has 19 heavy (non-hydrogen) atoms. The van der Waals surface area contributed by atoms with Crippen LogP contribution in [0.15, 0.2) is 51.8 Å². The summed E-state index contributed by atoms with van der Waals surface area (Å²) in [6.07, 6.45) is 1.97. The van der Waals surface area contributed by atoms with Crippen LogP contribution in [0.4, 0.5) is 0 Å². The Morgan fingerprint density at radius 1 is 1.21 bits per heavy atom. The number of halogens is 1. The molecule has 2 aromatic rings. The minimum Gasteiger partial charge on any atom is -0.496 e. The number of hydrogen-bond donors (Lipinski definition) is 0. The van der Waals surface area contributed by atoms with Crippen molar-refractivity contribution >= 4 is 33.5 Å². The van der Waals surface area contributed by atoms with Crippen LogP contribution in [-0.4, -0.2) is 19.1 Å². The lowest BCUT2D eigenvalue weighted by Crippen LogP contribution is -2.03. The number of benzene rings is 2. The van der Waals surface area contributed by atoms with Gasteiger partial charge in [0.2, 0.25) is 0 Å². The fourth-order valence-electron chi connectivity index (χ4n) is 1.80. The molecule has 98 valence electrons. The lowest BCUT2D eigenvalue weighted by molar-refractivity contribution is 0.103. The highest BCUT2D eigenvalue weighted by molar-refractivity contribution is 9.10. The van der Waals surface area contributed by atoms with E-state index in [-0.39, 0.29) is 5.78 Å². The van der Waals surface area contributed by atoms with Crippen molar-refractivity contribution in [1.82, 2.24) is 0 Å². The Morgan fingerprint density at radius 3 is 2.58 bits per heavy atom. The number of rotatable bonds is 4. The van der Waals surface area contributed by atoms with E-state index in [0.29, 0.717) is 5.56 Å². The third-order valence-electron chi connectivity index (χ3n) is 2.77. The molecule has 0 bridgehead atoms. The Bertz CT molecular complexity index is 611. The van der Waals surface area contributed by atoms with E-state index in [1.807, 2.05) is 30.5 Å². The normalized spacial score (nSPS) is 10.3. The van der Waals surface area contributed by atoms with E-state index in [1.54, 1.807) is 37.1 Å². The highest BCUT2D eigenvalue weighted by atomic mass is 79.9. The second-order valence-corrected chi connectivity index (χ2v) is 5.58. The first-order chi connectivity index (χ1) is 9.17. The van der Waals surface area contributed by atoms with E-state index in [4.69, 9.17) is 4.74 Å². The minimum absolute atomic E-state index is 0.0216. The number of ketones is 1. The van der Waals surface area contributed by atoms with Gasteiger partial charge in [0.25, 0.3) is 0 Å². The summed E-state index contributed by atoms with van der Waals surface area (Å²) in [6, 6.07) is 13.0. The van der Waals surface area contributed by atoms with Gasteiger partial charge in [-0.3, -0.25) is 4.79 Å². The van der Waals surface area contributed by atoms with Crippen LogP contribution in [0.3, 0.4) is 0 Å². The molecule has 0 aromatic heterocycles. The predicted molar refractivity (Wildman–Crippen MR) is 82.3 cm³/mol. The molecule has 0 N–H and O–H groups in total. The van der Waals surface area contributed by atoms with Gasteiger partial charge in [0.1, 0.15) is 5.75 Å². The largest absolute Gasteiger partial charge is 0.496 e. The molecule has 0 heterocycles. The third kappa shape index (κ3) is 3.01. The second kappa shape index (κ2) is 6.26. The number of ether oxygens (including phenoxy) is 1. The van der Waals surface area contributed by atoms with Crippen molar-refractivity contribution in [2.45, 2.75) is 4.90 Å². The van der Waals surface area contributed by atoms with Crippen LogP contribution in [0.5, 0.6) is 5.75 Å². The number of hydrogen-bond acceptors (Lipinski definition) is 3. The Labute approximate surface area is 125 Å². The maximum absolute atomic E-state index is 12.5. The van der Waals surface area contributed by atoms with Gasteiger partial charge in [-0.2, -0.15) is 0 Å². The molecule has 0 aliphatic rings. The van der Waals surface area contributed by atoms with Gasteiger partial charge in [0, 0.05) is 16.0 Å². The fourth-order valence-corrected chi connectivity index (χ4v) is 2.93. The van der Waals surface area contributed by atoms with Crippen molar-refractivity contribution < 1.29 is 9.53 Å². The summed E-state index contributed by atoms with van der Waals surface area (Å²) in [5, 5.41) is 0. The molecule has 0 fully saturated rings. The summed E-state index contributed by atoms with van der Waals surface area (Å²) in [6.45, 7) is 0. The second-order valence-electron chi connectivity index (χ2n) is 3.88. The van der Waals surface area contributed by atoms with Gasteiger partial charge in [0.05, 0.1) is 11.6 Å². The van der Waals surface area contributed by atoms with Crippen molar-refractivity contribution in [2.24, 2.45) is 0 Å². The van der Waals surface area contributed by atoms with Crippen LogP contribution in [0.25, 0.3) is 0 Å². The molecule has 0 unspecified atom stereocenters. The molecule has 2 rings (SSSR count). The summed E-state index contributed by atoms with van der Waals surface area (Å²) in [5.74, 6) is 0.739. The van der Waals surface area contributed by atoms with E-state index in [2.05, 4.69) is 15.9 Å². The lowest BCUT2D eigenvalue weighted by Gasteiger charge is -2.08. The predicted octanol–water partition coefficient (Wildman–Crippen LogP) is 4.41. The van der Waals surface area contributed by atoms with Crippen molar-refractivity contribution in [1.29, 1.82) is 0 Å². The van der Waals surface area contributed by atoms with Crippen molar-refractivity contribution in [2.75, 3.05) is 13.4 Å². The van der Waals surface area contributed by atoms with Gasteiger partial charge in [0.15, 0.2) is 5.78 Å². The van der Waals surface area contributed by atoms with Gasteiger partial charge in [-0.15, -0.1) is 11.8 Å². The van der Waals surface area contributed by atoms with Gasteiger partial charge in [-0.05, 0) is 52.5 Å². The van der Waals surface area contributed by atoms with E-state index in [0.717, 1.165) is 20.7 Å². The molecule has 0 radical (unpaired) electrons. The van der Waals surface area contributed by atoms with Gasteiger partial charge in [-0.25, -0.2) is 0 Å². The van der Waals surface area contributed by atoms with Crippen LogP contribution in [0, 0.1) is 0 Å². The first-order valence-electron chi connectivity index (χ1n) is 5.68. The molecule has 2 nitrogen and oxygen atoms in total. The van der Waals surface area contributed by atoms with Crippen LogP contribution in [0.2, 0.25) is 0 Å². The van der Waals surface area contributed by atoms with Crippen LogP contribution in [-0.2, 0) is 0 Å². The van der Waals surface area contributed by atoms with Gasteiger partial charge >= 0.3 is 0 Å². The van der Waals surface area contributed by atoms with E-state index < -0.39 is 0 Å². The van der Waals surface area contributed by atoms with Crippen LogP contribution >= 0.6 is 27.7 Å². The smallest absolute Gasteiger partial charge is 0.194 e. The molecule has 0 aliphatic heterocycles. The van der Waals surface area contributed by atoms with Crippen molar-refractivity contribution in [3.63, 3.8) is 0 Å². The monoisotopic (exact) mass is 336 g/mol. The number of carbonyl (C=O) groups is 1. The Hall–Kier alpha value is -1.26. The molecule has 0 saturated heterocycles. The first-order valence-corrected chi connectivity index (χ1v) is 7.70. The zero-order valence-electron chi connectivity index (χ0n) is 10.6. The fraction of sp³-hybridized carbons (Fsp3) is 0.133. The summed E-state index contributed by atoms with van der Waals surface area (Å²) in [4.78, 5) is 13.5. The summed E-state index contributed by atoms with van der Waals surface area (Å²) >= 11 is 4.97. The number of carbonyl (C=O) groups excluding carboxylic acids is 1. The quantitative estimate of drug-likeness (QED) is 0.611. The van der Waals surface area contributed by atoms with Crippen LogP contribution < -0.4 is 4.74 Å². The molecular weight excluding hydrogens is 324 g/mol. The molecule has 0 spiro atoms. The summed E-state index contributed by atoms with van der Waals surface area (Å²) in [5.41, 5.74) is 1.38. The van der Waals surface area contributed by atoms with Gasteiger partial charge < -0.3 is 4.74 Å². The maximum Gasteiger partial charge on any atom is 0.194 e. The average Bonchev–Trinajstić information content (AvgIpc) is 2.46. The topological polar surface area (TPSA) is 26.3 Å². The maximum atomic E-state index is 12.5. The molecular formula is C15H13BrO2S. The van der Waals surface area contributed by atoms with E-state index in [1.165, 1.54) is 0 Å². The number of methoxy groups -OCH3 is 1. The molecule has 0 saturated carbocycles. The zero-order valence-corrected chi connectivity index (χ0v) is 13.0. The highest BCUT2D eigenvalue weighted by Crippen LogP contribution is 2.28. The molecule has 4 heteroatoms. The minimum atomic E-state index is 0.0216. The zero-order chi connectivity index (χ0) is 13.8. The summed E-state index contributed by atoms with van der Waals surface area (Å²) < 4.78 is 5.95. The molecule has 2 aromatic carbocycles. The van der Waals surface area contributed by atoms with Gasteiger partial charge in [-0.1, -0.05) is 12.1 Å². The Balaban J connectivity index is 2.41. The SMILES string of the molecule is COc1ccc(C(=O)c2ccccc2SC)cc1Br. The number of thioether (sulfide) groups is 1. The average molecular weight is 337 g/mol.